The van der Waals surface area contributed by atoms with Crippen LogP contribution in [0.3, 0.4) is 0 Å². The monoisotopic (exact) mass is 125 g/mol. The molecule has 0 N–H and O–H groups in total. The van der Waals surface area contributed by atoms with E-state index >= 15 is 0 Å². The summed E-state index contributed by atoms with van der Waals surface area (Å²) in [6.45, 7) is 5.63. The van der Waals surface area contributed by atoms with Gasteiger partial charge in [0, 0.05) is 6.54 Å². The summed E-state index contributed by atoms with van der Waals surface area (Å²) in [7, 11) is 0. The van der Waals surface area contributed by atoms with E-state index in [1.165, 1.54) is 12.8 Å². The molecule has 52 valence electrons. The van der Waals surface area contributed by atoms with E-state index in [9.17, 15) is 0 Å². The van der Waals surface area contributed by atoms with E-state index in [0.29, 0.717) is 0 Å². The number of hydrogen-bond donors (Lipinski definition) is 0. The molecule has 9 heavy (non-hydrogen) atoms. The standard InChI is InChI=1S/C8H15N/c1-7(2)8-4-3-5-9-6-8/h5,7-8H,3-4,6H2,1-2H3/t8-/m0/s1. The molecule has 0 unspecified atom stereocenters. The van der Waals surface area contributed by atoms with E-state index in [4.69, 9.17) is 0 Å². The smallest absolute Gasteiger partial charge is 0.0416 e. The summed E-state index contributed by atoms with van der Waals surface area (Å²) in [5.74, 6) is 1.68. The van der Waals surface area contributed by atoms with E-state index in [-0.39, 0.29) is 0 Å². The predicted octanol–water partition coefficient (Wildman–Crippen LogP) is 2.12. The molecule has 1 heterocycles. The van der Waals surface area contributed by atoms with Crippen molar-refractivity contribution in [1.29, 1.82) is 0 Å². The second-order valence-corrected chi connectivity index (χ2v) is 3.13. The SMILES string of the molecule is CC(C)[C@H]1CCC=NC1. The molecule has 0 saturated heterocycles. The minimum Gasteiger partial charge on any atom is -0.297 e. The molecule has 1 heteroatoms. The van der Waals surface area contributed by atoms with Crippen LogP contribution in [0.25, 0.3) is 0 Å². The Kier molecular flexibility index (Phi) is 2.26. The molecule has 0 radical (unpaired) electrons. The number of rotatable bonds is 1. The molecule has 1 rings (SSSR count). The highest BCUT2D eigenvalue weighted by molar-refractivity contribution is 5.57. The first kappa shape index (κ1) is 6.79. The molecule has 1 atom stereocenters. The second kappa shape index (κ2) is 3.00. The van der Waals surface area contributed by atoms with Crippen LogP contribution >= 0.6 is 0 Å². The Morgan fingerprint density at radius 1 is 1.56 bits per heavy atom. The fourth-order valence-corrected chi connectivity index (χ4v) is 1.23. The number of hydrogen-bond acceptors (Lipinski definition) is 1. The van der Waals surface area contributed by atoms with Crippen molar-refractivity contribution in [3.8, 4) is 0 Å². The lowest BCUT2D eigenvalue weighted by Crippen LogP contribution is -2.15. The summed E-state index contributed by atoms with van der Waals surface area (Å²) < 4.78 is 0. The molecule has 0 amide bonds. The molecule has 1 nitrogen and oxygen atoms in total. The summed E-state index contributed by atoms with van der Waals surface area (Å²) in [6, 6.07) is 0. The quantitative estimate of drug-likeness (QED) is 0.509. The summed E-state index contributed by atoms with van der Waals surface area (Å²) in [4.78, 5) is 4.25. The highest BCUT2D eigenvalue weighted by atomic mass is 14.7. The average molecular weight is 125 g/mol. The zero-order valence-corrected chi connectivity index (χ0v) is 6.30. The Balaban J connectivity index is 2.35. The van der Waals surface area contributed by atoms with Gasteiger partial charge in [-0.1, -0.05) is 13.8 Å². The molecule has 0 aromatic heterocycles. The van der Waals surface area contributed by atoms with Crippen LogP contribution in [-0.2, 0) is 0 Å². The van der Waals surface area contributed by atoms with Gasteiger partial charge >= 0.3 is 0 Å². The van der Waals surface area contributed by atoms with Crippen molar-refractivity contribution < 1.29 is 0 Å². The van der Waals surface area contributed by atoms with Gasteiger partial charge in [-0.15, -0.1) is 0 Å². The minimum atomic E-state index is 0.822. The predicted molar refractivity (Wildman–Crippen MR) is 40.9 cm³/mol. The van der Waals surface area contributed by atoms with Gasteiger partial charge in [0.2, 0.25) is 0 Å². The van der Waals surface area contributed by atoms with Gasteiger partial charge in [0.25, 0.3) is 0 Å². The fourth-order valence-electron chi connectivity index (χ4n) is 1.23. The van der Waals surface area contributed by atoms with E-state index in [1.54, 1.807) is 0 Å². The Labute approximate surface area is 57.2 Å². The number of nitrogens with zero attached hydrogens (tertiary/aromatic N) is 1. The Morgan fingerprint density at radius 3 is 2.67 bits per heavy atom. The van der Waals surface area contributed by atoms with Crippen molar-refractivity contribution in [1.82, 2.24) is 0 Å². The van der Waals surface area contributed by atoms with Crippen molar-refractivity contribution in [3.05, 3.63) is 0 Å². The molecule has 0 fully saturated rings. The van der Waals surface area contributed by atoms with Gasteiger partial charge in [0.15, 0.2) is 0 Å². The van der Waals surface area contributed by atoms with Crippen molar-refractivity contribution in [2.45, 2.75) is 26.7 Å². The topological polar surface area (TPSA) is 12.4 Å². The molecule has 0 spiro atoms. The van der Waals surface area contributed by atoms with E-state index in [0.717, 1.165) is 18.4 Å². The van der Waals surface area contributed by atoms with Crippen LogP contribution in [0.4, 0.5) is 0 Å². The minimum absolute atomic E-state index is 0.822. The van der Waals surface area contributed by atoms with Gasteiger partial charge in [-0.3, -0.25) is 4.99 Å². The van der Waals surface area contributed by atoms with Crippen LogP contribution in [0.15, 0.2) is 4.99 Å². The Hall–Kier alpha value is -0.330. The van der Waals surface area contributed by atoms with Crippen molar-refractivity contribution in [2.75, 3.05) is 6.54 Å². The first-order valence-corrected chi connectivity index (χ1v) is 3.79. The van der Waals surface area contributed by atoms with Crippen molar-refractivity contribution >= 4 is 6.21 Å². The summed E-state index contributed by atoms with van der Waals surface area (Å²) in [5.41, 5.74) is 0. The molecule has 1 aliphatic rings. The lowest BCUT2D eigenvalue weighted by molar-refractivity contribution is 0.368. The molecule has 0 aromatic carbocycles. The molecule has 0 aliphatic carbocycles. The molecule has 0 bridgehead atoms. The van der Waals surface area contributed by atoms with Crippen molar-refractivity contribution in [3.63, 3.8) is 0 Å². The molecule has 0 saturated carbocycles. The summed E-state index contributed by atoms with van der Waals surface area (Å²) in [6.07, 6.45) is 4.60. The third kappa shape index (κ3) is 1.81. The molecular weight excluding hydrogens is 110 g/mol. The lowest BCUT2D eigenvalue weighted by Gasteiger charge is -2.20. The highest BCUT2D eigenvalue weighted by Crippen LogP contribution is 2.19. The van der Waals surface area contributed by atoms with Gasteiger partial charge in [-0.05, 0) is 30.9 Å². The van der Waals surface area contributed by atoms with Crippen LogP contribution < -0.4 is 0 Å². The normalized spacial score (nSPS) is 27.2. The third-order valence-corrected chi connectivity index (χ3v) is 2.08. The van der Waals surface area contributed by atoms with Gasteiger partial charge in [0.1, 0.15) is 0 Å². The van der Waals surface area contributed by atoms with Crippen LogP contribution in [0.1, 0.15) is 26.7 Å². The maximum atomic E-state index is 4.25. The zero-order valence-electron chi connectivity index (χ0n) is 6.30. The third-order valence-electron chi connectivity index (χ3n) is 2.08. The maximum Gasteiger partial charge on any atom is 0.0416 e. The largest absolute Gasteiger partial charge is 0.297 e. The van der Waals surface area contributed by atoms with Crippen LogP contribution in [0, 0.1) is 11.8 Å². The van der Waals surface area contributed by atoms with Gasteiger partial charge in [-0.25, -0.2) is 0 Å². The highest BCUT2D eigenvalue weighted by Gasteiger charge is 2.13. The zero-order chi connectivity index (χ0) is 6.69. The second-order valence-electron chi connectivity index (χ2n) is 3.13. The lowest BCUT2D eigenvalue weighted by atomic mass is 9.90. The van der Waals surface area contributed by atoms with Crippen LogP contribution in [0.5, 0.6) is 0 Å². The van der Waals surface area contributed by atoms with Gasteiger partial charge in [0.05, 0.1) is 0 Å². The molecule has 0 aromatic rings. The Morgan fingerprint density at radius 2 is 2.33 bits per heavy atom. The van der Waals surface area contributed by atoms with Crippen LogP contribution in [-0.4, -0.2) is 12.8 Å². The first-order chi connectivity index (χ1) is 4.30. The molecule has 1 aliphatic heterocycles. The average Bonchev–Trinajstić information content (AvgIpc) is 1.90. The first-order valence-electron chi connectivity index (χ1n) is 3.79. The van der Waals surface area contributed by atoms with E-state index in [1.807, 2.05) is 0 Å². The van der Waals surface area contributed by atoms with E-state index < -0.39 is 0 Å². The van der Waals surface area contributed by atoms with Crippen molar-refractivity contribution in [2.24, 2.45) is 16.8 Å². The summed E-state index contributed by atoms with van der Waals surface area (Å²) in [5, 5.41) is 0. The van der Waals surface area contributed by atoms with E-state index in [2.05, 4.69) is 25.1 Å². The maximum absolute atomic E-state index is 4.25. The molecular formula is C8H15N. The Bertz CT molecular complexity index is 105. The number of aliphatic imine (C=N–C) groups is 1. The van der Waals surface area contributed by atoms with Gasteiger partial charge in [-0.2, -0.15) is 0 Å². The van der Waals surface area contributed by atoms with Crippen LogP contribution in [0.2, 0.25) is 0 Å². The summed E-state index contributed by atoms with van der Waals surface area (Å²) >= 11 is 0. The van der Waals surface area contributed by atoms with Gasteiger partial charge < -0.3 is 0 Å². The fraction of sp³-hybridized carbons (Fsp3) is 0.875.